The Morgan fingerprint density at radius 1 is 0.549 bits per heavy atom. The van der Waals surface area contributed by atoms with Crippen molar-refractivity contribution in [3.8, 4) is 23.0 Å². The molecule has 0 aliphatic heterocycles. The summed E-state index contributed by atoms with van der Waals surface area (Å²) in [6.07, 6.45) is -1.01. The van der Waals surface area contributed by atoms with Crippen molar-refractivity contribution in [2.45, 2.75) is 83.7 Å². The molecular weight excluding hydrogens is 1130 g/mol. The molecule has 3 atom stereocenters. The van der Waals surface area contributed by atoms with E-state index in [1.165, 1.54) is 78.6 Å². The van der Waals surface area contributed by atoms with Crippen molar-refractivity contribution in [2.24, 2.45) is 5.84 Å². The average molecular weight is 1200 g/mol. The number of benzene rings is 5. The van der Waals surface area contributed by atoms with Crippen LogP contribution in [0.25, 0.3) is 0 Å². The molecule has 23 nitrogen and oxygen atoms in total. The number of hydrazine groups is 1. The molecule has 0 aliphatic carbocycles. The highest BCUT2D eigenvalue weighted by Gasteiger charge is 2.43. The summed E-state index contributed by atoms with van der Waals surface area (Å²) in [6, 6.07) is 32.8. The molecule has 26 heteroatoms. The lowest BCUT2D eigenvalue weighted by molar-refractivity contribution is -0.152. The fourth-order valence-electron chi connectivity index (χ4n) is 7.73. The van der Waals surface area contributed by atoms with Gasteiger partial charge in [-0.2, -0.15) is 0 Å². The van der Waals surface area contributed by atoms with Crippen LogP contribution in [0.2, 0.25) is 0 Å². The Labute approximate surface area is 478 Å². The van der Waals surface area contributed by atoms with E-state index in [1.54, 1.807) is 57.5 Å². The van der Waals surface area contributed by atoms with Gasteiger partial charge >= 0.3 is 37.9 Å². The predicted molar refractivity (Wildman–Crippen MR) is 307 cm³/mol. The third-order valence-corrected chi connectivity index (χ3v) is 14.2. The first-order valence-corrected chi connectivity index (χ1v) is 31.6. The minimum atomic E-state index is -4.76. The quantitative estimate of drug-likeness (QED) is 0.0124. The van der Waals surface area contributed by atoms with Crippen molar-refractivity contribution < 1.29 is 90.2 Å². The molecule has 0 heterocycles. The summed E-state index contributed by atoms with van der Waals surface area (Å²) in [4.78, 5) is 81.3. The van der Waals surface area contributed by atoms with E-state index in [2.05, 4.69) is 14.7 Å². The Morgan fingerprint density at radius 3 is 1.27 bits per heavy atom. The lowest BCUT2D eigenvalue weighted by Gasteiger charge is -2.35. The number of phosphoric ester groups is 1. The van der Waals surface area contributed by atoms with Gasteiger partial charge in [-0.25, -0.2) is 29.2 Å². The van der Waals surface area contributed by atoms with Gasteiger partial charge in [-0.1, -0.05) is 91.0 Å². The van der Waals surface area contributed by atoms with E-state index in [0.29, 0.717) is 22.6 Å². The molecule has 0 aromatic heterocycles. The zero-order valence-electron chi connectivity index (χ0n) is 48.2. The highest BCUT2D eigenvalue weighted by atomic mass is 31.2. The first-order chi connectivity index (χ1) is 38.0. The predicted octanol–water partition coefficient (Wildman–Crippen LogP) is 9.02. The number of aromatic hydroxyl groups is 1. The van der Waals surface area contributed by atoms with Gasteiger partial charge < -0.3 is 42.7 Å². The van der Waals surface area contributed by atoms with E-state index in [0.717, 1.165) is 32.7 Å². The van der Waals surface area contributed by atoms with Gasteiger partial charge in [-0.3, -0.25) is 39.4 Å². The Bertz CT molecular complexity index is 3150. The number of methoxy groups -OCH3 is 2. The number of aryl methyl sites for hydroxylation is 2. The number of phosphoric acid groups is 1. The summed E-state index contributed by atoms with van der Waals surface area (Å²) in [6.45, 7) is 14.5. The fourth-order valence-corrected chi connectivity index (χ4v) is 9.50. The molecule has 0 fully saturated rings. The second-order valence-electron chi connectivity index (χ2n) is 20.3. The van der Waals surface area contributed by atoms with Crippen molar-refractivity contribution in [1.29, 1.82) is 0 Å². The molecule has 5 aromatic rings. The topological polar surface area (TPSA) is 327 Å². The molecule has 5 rings (SSSR count). The van der Waals surface area contributed by atoms with Gasteiger partial charge in [0.25, 0.3) is 0 Å². The summed E-state index contributed by atoms with van der Waals surface area (Å²) in [5.41, 5.74) is 3.47. The monoisotopic (exact) mass is 1200 g/mol. The van der Waals surface area contributed by atoms with E-state index in [9.17, 15) is 47.9 Å². The van der Waals surface area contributed by atoms with Gasteiger partial charge in [-0.05, 0) is 97.8 Å². The number of amides is 2. The Morgan fingerprint density at radius 2 is 0.927 bits per heavy atom. The number of hydrogen-bond donors (Lipinski definition) is 6. The number of aliphatic carboxylic acids is 1. The molecule has 7 N–H and O–H groups in total. The average Bonchev–Trinajstić information content (AvgIpc) is 3.40. The number of nitrogens with two attached hydrogens (primary N) is 1. The zero-order chi connectivity index (χ0) is 62.0. The van der Waals surface area contributed by atoms with Gasteiger partial charge in [0, 0.05) is 60.0 Å². The maximum Gasteiger partial charge on any atom is 0.524 e. The fraction of sp³-hybridized carbons (Fsp3) is 0.375. The van der Waals surface area contributed by atoms with Gasteiger partial charge in [-0.15, -0.1) is 0 Å². The highest BCUT2D eigenvalue weighted by molar-refractivity contribution is 7.58. The van der Waals surface area contributed by atoms with E-state index < -0.39 is 75.0 Å². The number of carboxylic acids is 1. The summed E-state index contributed by atoms with van der Waals surface area (Å²) >= 11 is 0. The van der Waals surface area contributed by atoms with Crippen LogP contribution in [0.1, 0.15) is 59.7 Å². The normalized spacial score (nSPS) is 13.5. The lowest BCUT2D eigenvalue weighted by atomic mass is 9.90. The third kappa shape index (κ3) is 21.3. The second-order valence-corrected chi connectivity index (χ2v) is 26.8. The number of nitrogens with one attached hydrogen (secondary N) is 1. The second kappa shape index (κ2) is 29.7. The maximum absolute atomic E-state index is 12.7. The Balaban J connectivity index is 0.000000329. The molecule has 448 valence electrons. The lowest BCUT2D eigenvalue weighted by Crippen LogP contribution is -2.55. The van der Waals surface area contributed by atoms with Crippen LogP contribution in [-0.2, 0) is 79.5 Å². The van der Waals surface area contributed by atoms with Crippen LogP contribution in [0, 0.1) is 13.8 Å². The maximum atomic E-state index is 12.7. The van der Waals surface area contributed by atoms with Crippen LogP contribution in [0.4, 0.5) is 9.59 Å². The molecule has 82 heavy (non-hydrogen) atoms. The molecular formula is C56H75N4O19P3. The van der Waals surface area contributed by atoms with Crippen LogP contribution in [-0.4, -0.2) is 131 Å². The minimum Gasteiger partial charge on any atom is -0.504 e. The van der Waals surface area contributed by atoms with Crippen LogP contribution in [0.5, 0.6) is 23.0 Å². The minimum absolute atomic E-state index is 0.0545. The molecule has 0 aliphatic rings. The molecule has 0 unspecified atom stereocenters. The number of hydrogen-bond acceptors (Lipinski definition) is 18. The van der Waals surface area contributed by atoms with Crippen LogP contribution >= 0.6 is 22.6 Å². The first kappa shape index (κ1) is 69.1. The van der Waals surface area contributed by atoms with E-state index >= 15 is 0 Å². The van der Waals surface area contributed by atoms with Crippen molar-refractivity contribution in [3.63, 3.8) is 0 Å². The number of phenols is 1. The molecule has 0 saturated carbocycles. The zero-order valence-corrected chi connectivity index (χ0v) is 50.9. The summed E-state index contributed by atoms with van der Waals surface area (Å²) in [5, 5.41) is 19.5. The van der Waals surface area contributed by atoms with E-state index in [-0.39, 0.29) is 38.2 Å². The SMILES string of the molecule is COC(=O)[C@](C)(Cc1ccc(OP(=O)(O)O)c(O)c1)NN.COC(=O)[C@](C)(Cc1ccc(OP(C)(C)=O)c(C)c1)N(C)C(=O)OCc1ccccc1.Cc1cc(C[C@@](C)(C(=O)O)N(C)C(=O)OCc2ccccc2)ccc1OP(C)(C)=O. The van der Waals surface area contributed by atoms with Crippen molar-refractivity contribution >= 4 is 52.7 Å². The molecule has 0 spiro atoms. The van der Waals surface area contributed by atoms with Gasteiger partial charge in [0.2, 0.25) is 14.7 Å². The van der Waals surface area contributed by atoms with Crippen LogP contribution in [0.3, 0.4) is 0 Å². The number of likely N-dealkylation sites (N-methyl/N-ethyl adjacent to an activating group) is 2. The number of carboxylic acid groups (broad SMARTS) is 1. The Hall–Kier alpha value is -7.22. The van der Waals surface area contributed by atoms with E-state index in [1.807, 2.05) is 73.7 Å². The standard InChI is InChI=1S/C23H30NO6P.C22H28NO6P.C11H17N2O7P/c1-17-14-19(12-13-20(17)30-31(5,6)27)15-23(2,21(25)28-4)24(3)22(26)29-16-18-10-8-7-9-11-18;1-16-13-18(11-12-19(16)29-30(4,5)27)14-22(2,20(24)25)23(3)21(26)28-15-17-9-7-6-8-10-17;1-11(13-12,10(15)19-2)6-7-3-4-9(8(14)5-7)20-21(16,17)18/h7-14H,15-16H2,1-6H3;6-13H,14-15H2,1-5H3,(H,24,25);3-5,13-14H,6,12H2,1-2H3,(H2,16,17,18)/t23-;22-;11-/m000/s1. The number of nitrogens with zero attached hydrogens (tertiary/aromatic N) is 2. The molecule has 5 aromatic carbocycles. The highest BCUT2D eigenvalue weighted by Crippen LogP contribution is 2.43. The largest absolute Gasteiger partial charge is 0.524 e. The van der Waals surface area contributed by atoms with Crippen LogP contribution < -0.4 is 24.8 Å². The third-order valence-electron chi connectivity index (χ3n) is 12.5. The summed E-state index contributed by atoms with van der Waals surface area (Å²) in [5.74, 6) is 3.20. The Kier molecular flexibility index (Phi) is 25.0. The van der Waals surface area contributed by atoms with Crippen molar-refractivity contribution in [1.82, 2.24) is 15.2 Å². The molecule has 0 saturated heterocycles. The van der Waals surface area contributed by atoms with E-state index in [4.69, 9.17) is 38.9 Å². The number of carbonyl (C=O) groups excluding carboxylic acids is 4. The van der Waals surface area contributed by atoms with Gasteiger partial charge in [0.1, 0.15) is 41.3 Å². The number of carbonyl (C=O) groups is 5. The number of esters is 2. The smallest absolute Gasteiger partial charge is 0.504 e. The summed E-state index contributed by atoms with van der Waals surface area (Å²) < 4.78 is 70.2. The number of ether oxygens (including phenoxy) is 4. The number of rotatable bonds is 22. The first-order valence-electron chi connectivity index (χ1n) is 25.0. The van der Waals surface area contributed by atoms with Gasteiger partial charge in [0.05, 0.1) is 14.2 Å². The summed E-state index contributed by atoms with van der Waals surface area (Å²) in [7, 11) is -4.75. The van der Waals surface area contributed by atoms with Crippen molar-refractivity contribution in [3.05, 3.63) is 154 Å². The van der Waals surface area contributed by atoms with Gasteiger partial charge in [0.15, 0.2) is 11.5 Å². The van der Waals surface area contributed by atoms with Crippen LogP contribution in [0.15, 0.2) is 115 Å². The molecule has 0 bridgehead atoms. The molecule has 2 amide bonds. The molecule has 0 radical (unpaired) electrons. The number of phenolic OH excluding ortho intramolecular Hbond substituents is 1. The van der Waals surface area contributed by atoms with Crippen molar-refractivity contribution in [2.75, 3.05) is 55.0 Å².